The molecular formula is C56H52N6O6. The Morgan fingerprint density at radius 1 is 0.368 bits per heavy atom. The predicted octanol–water partition coefficient (Wildman–Crippen LogP) is 15.7. The second kappa shape index (κ2) is 18.8. The van der Waals surface area contributed by atoms with Crippen LogP contribution in [0.4, 0.5) is 34.1 Å². The van der Waals surface area contributed by atoms with Crippen LogP contribution in [0.2, 0.25) is 0 Å². The highest BCUT2D eigenvalue weighted by Crippen LogP contribution is 2.54. The molecule has 0 bridgehead atoms. The summed E-state index contributed by atoms with van der Waals surface area (Å²) in [5, 5.41) is 90.1. The molecule has 0 saturated heterocycles. The maximum atomic E-state index is 12.6. The summed E-state index contributed by atoms with van der Waals surface area (Å²) in [6, 6.07) is 33.0. The first-order chi connectivity index (χ1) is 32.5. The number of aryl methyl sites for hydroxylation is 4. The zero-order chi connectivity index (χ0) is 48.6. The first-order valence-corrected chi connectivity index (χ1v) is 22.3. The fourth-order valence-corrected chi connectivity index (χ4v) is 8.57. The number of aliphatic imine (C=N–C) groups is 2. The highest BCUT2D eigenvalue weighted by molar-refractivity contribution is 6.15. The van der Waals surface area contributed by atoms with E-state index in [0.29, 0.717) is 55.8 Å². The Hall–Kier alpha value is -8.38. The molecule has 0 spiro atoms. The maximum absolute atomic E-state index is 12.6. The van der Waals surface area contributed by atoms with E-state index in [1.807, 2.05) is 102 Å². The molecule has 68 heavy (non-hydrogen) atoms. The first kappa shape index (κ1) is 46.2. The van der Waals surface area contributed by atoms with Crippen LogP contribution in [-0.4, -0.2) is 43.1 Å². The van der Waals surface area contributed by atoms with Crippen LogP contribution in [0, 0.1) is 27.7 Å². The molecule has 0 atom stereocenters. The highest BCUT2D eigenvalue weighted by Gasteiger charge is 2.29. The smallest absolute Gasteiger partial charge is 0.167 e. The SMILES string of the molecule is Cc1ccc(N=Nc2ccc(N=Cc3c(O)c(O)c(C(C)C)c4cc(C)c(-c5c(C)cc6c(C(C)C)c(O)c(O)c(C=Nc7ccc(N=Nc8ccc(C)cc8)cc7)c6c5O)c(O)c34)cc2)cc1. The van der Waals surface area contributed by atoms with Gasteiger partial charge in [-0.2, -0.15) is 20.5 Å². The number of phenols is 6. The quantitative estimate of drug-likeness (QED) is 0.0424. The molecule has 0 heterocycles. The van der Waals surface area contributed by atoms with Crippen LogP contribution >= 0.6 is 0 Å². The van der Waals surface area contributed by atoms with Gasteiger partial charge in [0.15, 0.2) is 23.0 Å². The lowest BCUT2D eigenvalue weighted by Crippen LogP contribution is -2.01. The minimum absolute atomic E-state index is 0.0573. The van der Waals surface area contributed by atoms with Gasteiger partial charge in [0.1, 0.15) is 11.5 Å². The van der Waals surface area contributed by atoms with Crippen molar-refractivity contribution in [2.45, 2.75) is 67.2 Å². The Balaban J connectivity index is 1.25. The van der Waals surface area contributed by atoms with Crippen molar-refractivity contribution in [2.75, 3.05) is 0 Å². The van der Waals surface area contributed by atoms with Gasteiger partial charge in [0.2, 0.25) is 0 Å². The van der Waals surface area contributed by atoms with E-state index >= 15 is 0 Å². The number of nitrogens with zero attached hydrogens (tertiary/aromatic N) is 6. The topological polar surface area (TPSA) is 196 Å². The van der Waals surface area contributed by atoms with Crippen LogP contribution in [0.1, 0.15) is 84.0 Å². The number of fused-ring (bicyclic) bond motifs is 2. The molecule has 0 aliphatic heterocycles. The maximum Gasteiger partial charge on any atom is 0.167 e. The molecule has 0 amide bonds. The third kappa shape index (κ3) is 8.96. The van der Waals surface area contributed by atoms with Crippen molar-refractivity contribution >= 4 is 68.1 Å². The van der Waals surface area contributed by atoms with Gasteiger partial charge in [-0.1, -0.05) is 75.2 Å². The lowest BCUT2D eigenvalue weighted by atomic mass is 9.83. The number of hydrogen-bond acceptors (Lipinski definition) is 12. The summed E-state index contributed by atoms with van der Waals surface area (Å²) in [5.74, 6) is -2.71. The van der Waals surface area contributed by atoms with Crippen molar-refractivity contribution in [3.05, 3.63) is 154 Å². The molecule has 0 radical (unpaired) electrons. The van der Waals surface area contributed by atoms with Crippen molar-refractivity contribution in [3.63, 3.8) is 0 Å². The van der Waals surface area contributed by atoms with E-state index in [1.54, 1.807) is 62.4 Å². The van der Waals surface area contributed by atoms with Crippen LogP contribution in [0.3, 0.4) is 0 Å². The van der Waals surface area contributed by atoms with Crippen LogP contribution in [0.15, 0.2) is 140 Å². The number of rotatable bonds is 11. The Morgan fingerprint density at radius 2 is 0.647 bits per heavy atom. The average Bonchev–Trinajstić information content (AvgIpc) is 3.30. The largest absolute Gasteiger partial charge is 0.507 e. The molecule has 0 saturated carbocycles. The summed E-state index contributed by atoms with van der Waals surface area (Å²) in [6.07, 6.45) is 2.78. The average molecular weight is 905 g/mol. The van der Waals surface area contributed by atoms with E-state index < -0.39 is 11.5 Å². The second-order valence-electron chi connectivity index (χ2n) is 17.7. The molecule has 342 valence electrons. The van der Waals surface area contributed by atoms with Crippen LogP contribution in [0.25, 0.3) is 32.7 Å². The van der Waals surface area contributed by atoms with Gasteiger partial charge >= 0.3 is 0 Å². The van der Waals surface area contributed by atoms with Crippen molar-refractivity contribution in [2.24, 2.45) is 30.4 Å². The Labute approximate surface area is 394 Å². The molecule has 0 unspecified atom stereocenters. The highest BCUT2D eigenvalue weighted by atomic mass is 16.3. The van der Waals surface area contributed by atoms with Gasteiger partial charge in [0.05, 0.1) is 45.3 Å². The molecule has 0 fully saturated rings. The summed E-state index contributed by atoms with van der Waals surface area (Å²) < 4.78 is 0. The van der Waals surface area contributed by atoms with E-state index in [4.69, 9.17) is 0 Å². The molecule has 12 heteroatoms. The molecule has 8 aromatic carbocycles. The lowest BCUT2D eigenvalue weighted by Gasteiger charge is -2.23. The summed E-state index contributed by atoms with van der Waals surface area (Å²) in [4.78, 5) is 9.28. The number of phenolic OH excluding ortho intramolecular Hbond substituents is 6. The van der Waals surface area contributed by atoms with E-state index in [2.05, 4.69) is 30.4 Å². The van der Waals surface area contributed by atoms with Crippen molar-refractivity contribution in [1.82, 2.24) is 0 Å². The zero-order valence-corrected chi connectivity index (χ0v) is 39.1. The van der Waals surface area contributed by atoms with Crippen molar-refractivity contribution in [3.8, 4) is 45.6 Å². The molecule has 8 rings (SSSR count). The summed E-state index contributed by atoms with van der Waals surface area (Å²) in [6.45, 7) is 15.1. The Morgan fingerprint density at radius 3 is 0.941 bits per heavy atom. The normalized spacial score (nSPS) is 12.2. The van der Waals surface area contributed by atoms with E-state index in [-0.39, 0.29) is 67.9 Å². The predicted molar refractivity (Wildman–Crippen MR) is 273 cm³/mol. The fourth-order valence-electron chi connectivity index (χ4n) is 8.57. The van der Waals surface area contributed by atoms with Crippen molar-refractivity contribution < 1.29 is 30.6 Å². The first-order valence-electron chi connectivity index (χ1n) is 22.3. The van der Waals surface area contributed by atoms with Gasteiger partial charge < -0.3 is 30.6 Å². The standard InChI is InChI=1S/C56H52N6O6/c1-29(2)45-41-25-33(7)47(53(65)49(41)43(51(63)55(45)67)27-57-35-17-21-39(22-18-35)61-59-37-13-9-31(5)10-14-37)48-34(8)26-42-46(30(3)4)56(68)52(64)44(50(42)54(48)66)28-58-36-19-23-40(24-20-36)62-60-38-15-11-32(6)12-16-38/h9-30,63-68H,1-8H3. The fraction of sp³-hybridized carbons (Fsp3) is 0.179. The minimum Gasteiger partial charge on any atom is -0.507 e. The summed E-state index contributed by atoms with van der Waals surface area (Å²) in [5.41, 5.74) is 8.47. The minimum atomic E-state index is -0.471. The van der Waals surface area contributed by atoms with Crippen LogP contribution < -0.4 is 0 Å². The van der Waals surface area contributed by atoms with Gasteiger partial charge in [-0.3, -0.25) is 9.98 Å². The Kier molecular flexibility index (Phi) is 12.8. The number of hydrogen-bond donors (Lipinski definition) is 6. The van der Waals surface area contributed by atoms with Gasteiger partial charge in [-0.15, -0.1) is 0 Å². The molecular weight excluding hydrogens is 853 g/mol. The van der Waals surface area contributed by atoms with E-state index in [1.165, 1.54) is 12.4 Å². The molecule has 8 aromatic rings. The molecule has 0 aliphatic carbocycles. The molecule has 0 aliphatic rings. The third-order valence-corrected chi connectivity index (χ3v) is 12.0. The number of aromatic hydroxyl groups is 6. The second-order valence-corrected chi connectivity index (χ2v) is 17.7. The van der Waals surface area contributed by atoms with Gasteiger partial charge in [-0.25, -0.2) is 0 Å². The molecule has 0 aromatic heterocycles. The molecule has 12 nitrogen and oxygen atoms in total. The van der Waals surface area contributed by atoms with Crippen LogP contribution in [0.5, 0.6) is 34.5 Å². The number of benzene rings is 8. The van der Waals surface area contributed by atoms with Gasteiger partial charge in [0, 0.05) is 45.5 Å². The van der Waals surface area contributed by atoms with Crippen LogP contribution in [-0.2, 0) is 0 Å². The van der Waals surface area contributed by atoms with Gasteiger partial charge in [-0.05, 0) is 134 Å². The molecule has 6 N–H and O–H groups in total. The lowest BCUT2D eigenvalue weighted by molar-refractivity contribution is 0.398. The van der Waals surface area contributed by atoms with Gasteiger partial charge in [0.25, 0.3) is 0 Å². The monoisotopic (exact) mass is 904 g/mol. The van der Waals surface area contributed by atoms with Crippen molar-refractivity contribution in [1.29, 1.82) is 0 Å². The summed E-state index contributed by atoms with van der Waals surface area (Å²) >= 11 is 0. The number of azo groups is 2. The Bertz CT molecular complexity index is 3130. The zero-order valence-electron chi connectivity index (χ0n) is 39.1. The summed E-state index contributed by atoms with van der Waals surface area (Å²) in [7, 11) is 0. The third-order valence-electron chi connectivity index (χ3n) is 12.0. The van der Waals surface area contributed by atoms with E-state index in [0.717, 1.165) is 22.5 Å². The van der Waals surface area contributed by atoms with E-state index in [9.17, 15) is 30.6 Å².